The SMILES string of the molecule is CC1=C(C(=O)OC2CCCCCC2)[C@H](c2cccc(O)c2)[C@H]2C(=O)CCCC2=N1. The molecule has 5 nitrogen and oxygen atoms in total. The Morgan fingerprint density at radius 1 is 1.07 bits per heavy atom. The number of esters is 1. The Kier molecular flexibility index (Phi) is 5.84. The molecule has 2 saturated carbocycles. The van der Waals surface area contributed by atoms with Gasteiger partial charge in [-0.3, -0.25) is 9.79 Å². The van der Waals surface area contributed by atoms with E-state index in [9.17, 15) is 14.7 Å². The molecule has 0 spiro atoms. The Hall–Kier alpha value is -2.43. The van der Waals surface area contributed by atoms with Crippen molar-refractivity contribution in [3.63, 3.8) is 0 Å². The Labute approximate surface area is 171 Å². The van der Waals surface area contributed by atoms with Crippen LogP contribution >= 0.6 is 0 Å². The lowest BCUT2D eigenvalue weighted by molar-refractivity contribution is -0.145. The molecule has 4 rings (SSSR count). The number of carbonyl (C=O) groups is 2. The second-order valence-corrected chi connectivity index (χ2v) is 8.49. The molecule has 29 heavy (non-hydrogen) atoms. The van der Waals surface area contributed by atoms with Gasteiger partial charge in [0.05, 0.1) is 11.5 Å². The minimum absolute atomic E-state index is 0.0671. The van der Waals surface area contributed by atoms with Gasteiger partial charge in [0, 0.05) is 23.7 Å². The monoisotopic (exact) mass is 395 g/mol. The first kappa shape index (κ1) is 19.9. The van der Waals surface area contributed by atoms with Crippen LogP contribution in [-0.2, 0) is 14.3 Å². The van der Waals surface area contributed by atoms with E-state index in [0.717, 1.165) is 49.8 Å². The third kappa shape index (κ3) is 4.14. The molecule has 0 aromatic heterocycles. The number of ether oxygens (including phenoxy) is 1. The first-order valence-electron chi connectivity index (χ1n) is 10.9. The topological polar surface area (TPSA) is 76.0 Å². The molecule has 2 fully saturated rings. The summed E-state index contributed by atoms with van der Waals surface area (Å²) in [6, 6.07) is 6.89. The molecule has 0 bridgehead atoms. The Bertz CT molecular complexity index is 861. The fourth-order valence-electron chi connectivity index (χ4n) is 5.04. The third-order valence-corrected chi connectivity index (χ3v) is 6.43. The standard InChI is InChI=1S/C24H29NO4/c1-15-21(24(28)29-18-10-4-2-3-5-11-18)22(16-8-6-9-17(26)14-16)23-19(25-15)12-7-13-20(23)27/h6,8-9,14,18,22-23,26H,2-5,7,10-13H2,1H3/t22-,23+/m0/s1. The van der Waals surface area contributed by atoms with Crippen molar-refractivity contribution in [3.8, 4) is 5.75 Å². The summed E-state index contributed by atoms with van der Waals surface area (Å²) < 4.78 is 5.94. The largest absolute Gasteiger partial charge is 0.508 e. The quantitative estimate of drug-likeness (QED) is 0.587. The number of aromatic hydroxyl groups is 1. The van der Waals surface area contributed by atoms with Gasteiger partial charge in [0.25, 0.3) is 0 Å². The normalized spacial score (nSPS) is 25.8. The van der Waals surface area contributed by atoms with Crippen LogP contribution in [0.2, 0.25) is 0 Å². The van der Waals surface area contributed by atoms with E-state index in [1.807, 2.05) is 13.0 Å². The fraction of sp³-hybridized carbons (Fsp3) is 0.542. The molecule has 1 N–H and O–H groups in total. The molecule has 5 heteroatoms. The lowest BCUT2D eigenvalue weighted by Gasteiger charge is -2.36. The van der Waals surface area contributed by atoms with E-state index in [4.69, 9.17) is 4.74 Å². The van der Waals surface area contributed by atoms with Gasteiger partial charge in [0.2, 0.25) is 0 Å². The van der Waals surface area contributed by atoms with E-state index in [2.05, 4.69) is 4.99 Å². The van der Waals surface area contributed by atoms with E-state index in [0.29, 0.717) is 17.7 Å². The van der Waals surface area contributed by atoms with Crippen molar-refractivity contribution in [2.75, 3.05) is 0 Å². The van der Waals surface area contributed by atoms with Crippen LogP contribution < -0.4 is 0 Å². The second-order valence-electron chi connectivity index (χ2n) is 8.49. The number of phenols is 1. The summed E-state index contributed by atoms with van der Waals surface area (Å²) in [6.07, 6.45) is 8.33. The molecule has 0 amide bonds. The molecule has 2 atom stereocenters. The molecule has 1 heterocycles. The van der Waals surface area contributed by atoms with Crippen molar-refractivity contribution < 1.29 is 19.4 Å². The van der Waals surface area contributed by atoms with Crippen LogP contribution in [0.1, 0.15) is 76.2 Å². The zero-order valence-corrected chi connectivity index (χ0v) is 17.0. The molecule has 2 aliphatic carbocycles. The number of nitrogens with zero attached hydrogens (tertiary/aromatic N) is 1. The summed E-state index contributed by atoms with van der Waals surface area (Å²) in [7, 11) is 0. The van der Waals surface area contributed by atoms with Gasteiger partial charge in [-0.15, -0.1) is 0 Å². The first-order valence-corrected chi connectivity index (χ1v) is 10.9. The van der Waals surface area contributed by atoms with Gasteiger partial charge >= 0.3 is 5.97 Å². The molecule has 1 aromatic rings. The average molecular weight is 395 g/mol. The van der Waals surface area contributed by atoms with Gasteiger partial charge in [-0.1, -0.05) is 25.0 Å². The maximum Gasteiger partial charge on any atom is 0.336 e. The number of Topliss-reactive ketones (excluding diaryl/α,β-unsaturated/α-hetero) is 1. The van der Waals surface area contributed by atoms with Gasteiger partial charge in [-0.05, 0) is 63.1 Å². The predicted octanol–water partition coefficient (Wildman–Crippen LogP) is 4.84. The zero-order valence-electron chi connectivity index (χ0n) is 17.0. The van der Waals surface area contributed by atoms with Gasteiger partial charge in [0.1, 0.15) is 17.6 Å². The zero-order chi connectivity index (χ0) is 20.4. The van der Waals surface area contributed by atoms with Crippen molar-refractivity contribution in [1.82, 2.24) is 0 Å². The number of fused-ring (bicyclic) bond motifs is 1. The van der Waals surface area contributed by atoms with E-state index in [1.165, 1.54) is 12.8 Å². The minimum Gasteiger partial charge on any atom is -0.508 e. The van der Waals surface area contributed by atoms with Crippen LogP contribution in [0.15, 0.2) is 40.5 Å². The molecule has 3 aliphatic rings. The van der Waals surface area contributed by atoms with Gasteiger partial charge in [-0.2, -0.15) is 0 Å². The molecule has 1 aliphatic heterocycles. The molecule has 0 unspecified atom stereocenters. The highest BCUT2D eigenvalue weighted by Gasteiger charge is 2.44. The van der Waals surface area contributed by atoms with Crippen molar-refractivity contribution in [1.29, 1.82) is 0 Å². The van der Waals surface area contributed by atoms with E-state index >= 15 is 0 Å². The van der Waals surface area contributed by atoms with E-state index < -0.39 is 11.8 Å². The summed E-state index contributed by atoms with van der Waals surface area (Å²) in [5.74, 6) is -0.991. The minimum atomic E-state index is -0.444. The summed E-state index contributed by atoms with van der Waals surface area (Å²) >= 11 is 0. The van der Waals surface area contributed by atoms with Crippen molar-refractivity contribution >= 4 is 17.5 Å². The van der Waals surface area contributed by atoms with Gasteiger partial charge in [0.15, 0.2) is 0 Å². The fourth-order valence-corrected chi connectivity index (χ4v) is 5.04. The van der Waals surface area contributed by atoms with Crippen molar-refractivity contribution in [3.05, 3.63) is 41.1 Å². The van der Waals surface area contributed by atoms with Crippen molar-refractivity contribution in [2.24, 2.45) is 10.9 Å². The number of carbonyl (C=O) groups excluding carboxylic acids is 2. The number of aliphatic imine (C=N–C) groups is 1. The van der Waals surface area contributed by atoms with Gasteiger partial charge < -0.3 is 9.84 Å². The summed E-state index contributed by atoms with van der Waals surface area (Å²) in [5.41, 5.74) is 2.74. The van der Waals surface area contributed by atoms with Crippen LogP contribution in [0.4, 0.5) is 0 Å². The average Bonchev–Trinajstić information content (AvgIpc) is 2.95. The van der Waals surface area contributed by atoms with Crippen LogP contribution in [0.5, 0.6) is 5.75 Å². The van der Waals surface area contributed by atoms with Crippen LogP contribution in [0, 0.1) is 5.92 Å². The highest BCUT2D eigenvalue weighted by molar-refractivity contribution is 6.11. The maximum atomic E-state index is 13.3. The highest BCUT2D eigenvalue weighted by Crippen LogP contribution is 2.44. The van der Waals surface area contributed by atoms with Crippen LogP contribution in [-0.4, -0.2) is 28.7 Å². The Morgan fingerprint density at radius 3 is 2.55 bits per heavy atom. The number of benzene rings is 1. The number of ketones is 1. The lowest BCUT2D eigenvalue weighted by Crippen LogP contribution is -2.39. The number of hydrogen-bond acceptors (Lipinski definition) is 5. The molecular formula is C24H29NO4. The number of hydrogen-bond donors (Lipinski definition) is 1. The summed E-state index contributed by atoms with van der Waals surface area (Å²) in [4.78, 5) is 30.9. The van der Waals surface area contributed by atoms with Crippen LogP contribution in [0.3, 0.4) is 0 Å². The van der Waals surface area contributed by atoms with Crippen LogP contribution in [0.25, 0.3) is 0 Å². The molecule has 1 aromatic carbocycles. The highest BCUT2D eigenvalue weighted by atomic mass is 16.5. The molecular weight excluding hydrogens is 366 g/mol. The second kappa shape index (κ2) is 8.52. The maximum absolute atomic E-state index is 13.3. The molecule has 154 valence electrons. The van der Waals surface area contributed by atoms with E-state index in [1.54, 1.807) is 18.2 Å². The molecule has 0 saturated heterocycles. The lowest BCUT2D eigenvalue weighted by atomic mass is 9.69. The summed E-state index contributed by atoms with van der Waals surface area (Å²) in [6.45, 7) is 1.84. The number of rotatable bonds is 3. The number of phenolic OH excluding ortho intramolecular Hbond substituents is 1. The van der Waals surface area contributed by atoms with Gasteiger partial charge in [-0.25, -0.2) is 4.79 Å². The predicted molar refractivity (Wildman–Crippen MR) is 111 cm³/mol. The number of allylic oxidation sites excluding steroid dienone is 1. The smallest absolute Gasteiger partial charge is 0.336 e. The molecule has 0 radical (unpaired) electrons. The first-order chi connectivity index (χ1) is 14.0. The third-order valence-electron chi connectivity index (χ3n) is 6.43. The van der Waals surface area contributed by atoms with Crippen molar-refractivity contribution in [2.45, 2.75) is 76.7 Å². The summed E-state index contributed by atoms with van der Waals surface area (Å²) in [5, 5.41) is 10.0. The Balaban J connectivity index is 1.72. The Morgan fingerprint density at radius 2 is 1.83 bits per heavy atom. The van der Waals surface area contributed by atoms with E-state index in [-0.39, 0.29) is 23.6 Å².